The number of nitrogens with one attached hydrogen (secondary N) is 1. The zero-order valence-corrected chi connectivity index (χ0v) is 18.0. The average molecular weight is 398 g/mol. The quantitative estimate of drug-likeness (QED) is 0.661. The highest BCUT2D eigenvalue weighted by atomic mass is 32.1. The number of aromatic nitrogens is 1. The number of nitrogens with zero attached hydrogens (tertiary/aromatic N) is 2. The van der Waals surface area contributed by atoms with Gasteiger partial charge in [-0.15, -0.1) is 11.3 Å². The molecule has 1 aliphatic heterocycles. The fraction of sp³-hybridized carbons (Fsp3) is 0.391. The van der Waals surface area contributed by atoms with Crippen LogP contribution in [0.15, 0.2) is 48.9 Å². The maximum Gasteiger partial charge on any atom is 0.223 e. The number of pyridine rings is 1. The lowest BCUT2D eigenvalue weighted by Gasteiger charge is -2.33. The molecule has 1 aliphatic rings. The van der Waals surface area contributed by atoms with Gasteiger partial charge in [-0.2, -0.15) is 0 Å². The van der Waals surface area contributed by atoms with Gasteiger partial charge in [0.25, 0.3) is 0 Å². The van der Waals surface area contributed by atoms with Crippen LogP contribution >= 0.6 is 11.3 Å². The van der Waals surface area contributed by atoms with Crippen molar-refractivity contribution in [1.29, 1.82) is 0 Å². The van der Waals surface area contributed by atoms with Crippen molar-refractivity contribution in [1.82, 2.24) is 10.3 Å². The highest BCUT2D eigenvalue weighted by molar-refractivity contribution is 7.17. The summed E-state index contributed by atoms with van der Waals surface area (Å²) in [7, 11) is 0. The first kappa shape index (κ1) is 21.9. The van der Waals surface area contributed by atoms with Crippen LogP contribution in [-0.4, -0.2) is 30.5 Å². The maximum atomic E-state index is 12.1. The summed E-state index contributed by atoms with van der Waals surface area (Å²) in [6.07, 6.45) is 7.26. The van der Waals surface area contributed by atoms with Gasteiger partial charge in [0.05, 0.1) is 21.6 Å². The number of carbonyl (C=O) groups is 1. The highest BCUT2D eigenvalue weighted by Crippen LogP contribution is 2.35. The van der Waals surface area contributed by atoms with E-state index < -0.39 is 0 Å². The van der Waals surface area contributed by atoms with Crippen molar-refractivity contribution < 1.29 is 4.79 Å². The normalized spacial score (nSPS) is 15.0. The lowest BCUT2D eigenvalue weighted by Crippen LogP contribution is -2.40. The van der Waals surface area contributed by atoms with E-state index in [2.05, 4.69) is 40.9 Å². The molecule has 4 nitrogen and oxygen atoms in total. The van der Waals surface area contributed by atoms with Crippen molar-refractivity contribution in [3.63, 3.8) is 0 Å². The third-order valence-electron chi connectivity index (χ3n) is 4.76. The lowest BCUT2D eigenvalue weighted by molar-refractivity contribution is -0.125. The SMILES string of the molecule is C=C/C=C(\C=C)c1cc(N2CCC(C(=O)NCC)CC2)c2sccc2n1.CC. The molecular weight excluding hydrogens is 366 g/mol. The summed E-state index contributed by atoms with van der Waals surface area (Å²) in [5.74, 6) is 0.308. The minimum atomic E-state index is 0.121. The Labute approximate surface area is 172 Å². The third-order valence-corrected chi connectivity index (χ3v) is 5.69. The number of hydrogen-bond acceptors (Lipinski definition) is 4. The van der Waals surface area contributed by atoms with Crippen LogP contribution in [-0.2, 0) is 4.79 Å². The van der Waals surface area contributed by atoms with Crippen LogP contribution in [0.3, 0.4) is 0 Å². The molecule has 1 N–H and O–H groups in total. The van der Waals surface area contributed by atoms with E-state index in [1.807, 2.05) is 32.9 Å². The predicted octanol–water partition coefficient (Wildman–Crippen LogP) is 5.43. The third kappa shape index (κ3) is 4.90. The molecule has 0 aliphatic carbocycles. The molecule has 1 fully saturated rings. The van der Waals surface area contributed by atoms with Gasteiger partial charge in [-0.05, 0) is 42.9 Å². The van der Waals surface area contributed by atoms with Crippen LogP contribution in [0.25, 0.3) is 15.8 Å². The van der Waals surface area contributed by atoms with E-state index in [0.29, 0.717) is 6.54 Å². The van der Waals surface area contributed by atoms with E-state index in [0.717, 1.165) is 42.7 Å². The molecule has 2 aromatic rings. The van der Waals surface area contributed by atoms with E-state index >= 15 is 0 Å². The number of anilines is 1. The van der Waals surface area contributed by atoms with Gasteiger partial charge in [0, 0.05) is 25.6 Å². The Kier molecular flexibility index (Phi) is 8.45. The van der Waals surface area contributed by atoms with E-state index in [9.17, 15) is 4.79 Å². The van der Waals surface area contributed by atoms with Gasteiger partial charge in [0.2, 0.25) is 5.91 Å². The number of rotatable bonds is 6. The Bertz CT molecular complexity index is 845. The minimum absolute atomic E-state index is 0.121. The zero-order chi connectivity index (χ0) is 20.5. The van der Waals surface area contributed by atoms with Crippen molar-refractivity contribution in [3.05, 3.63) is 54.6 Å². The van der Waals surface area contributed by atoms with E-state index in [4.69, 9.17) is 4.98 Å². The summed E-state index contributed by atoms with van der Waals surface area (Å²) >= 11 is 1.72. The Morgan fingerprint density at radius 2 is 2.07 bits per heavy atom. The second-order valence-corrected chi connectivity index (χ2v) is 7.30. The molecule has 5 heteroatoms. The molecule has 0 atom stereocenters. The van der Waals surface area contributed by atoms with Crippen LogP contribution in [0.2, 0.25) is 0 Å². The van der Waals surface area contributed by atoms with Crippen LogP contribution in [0.4, 0.5) is 5.69 Å². The molecule has 3 rings (SSSR count). The summed E-state index contributed by atoms with van der Waals surface area (Å²) in [6.45, 7) is 16.1. The van der Waals surface area contributed by atoms with Crippen molar-refractivity contribution in [2.75, 3.05) is 24.5 Å². The first-order valence-electron chi connectivity index (χ1n) is 10.0. The Morgan fingerprint density at radius 1 is 1.36 bits per heavy atom. The van der Waals surface area contributed by atoms with Crippen LogP contribution in [0, 0.1) is 5.92 Å². The maximum absolute atomic E-state index is 12.1. The summed E-state index contributed by atoms with van der Waals surface area (Å²) in [4.78, 5) is 19.3. The molecule has 0 bridgehead atoms. The molecular formula is C23H31N3OS. The number of piperidine rings is 1. The van der Waals surface area contributed by atoms with Gasteiger partial charge in [-0.3, -0.25) is 4.79 Å². The predicted molar refractivity (Wildman–Crippen MR) is 123 cm³/mol. The summed E-state index contributed by atoms with van der Waals surface area (Å²) in [5, 5.41) is 5.03. The second kappa shape index (κ2) is 10.8. The summed E-state index contributed by atoms with van der Waals surface area (Å²) < 4.78 is 1.20. The number of thiophene rings is 1. The largest absolute Gasteiger partial charge is 0.370 e. The van der Waals surface area contributed by atoms with Gasteiger partial charge >= 0.3 is 0 Å². The molecule has 150 valence electrons. The summed E-state index contributed by atoms with van der Waals surface area (Å²) in [6, 6.07) is 4.20. The molecule has 0 radical (unpaired) electrons. The Balaban J connectivity index is 0.00000136. The highest BCUT2D eigenvalue weighted by Gasteiger charge is 2.26. The Hall–Kier alpha value is -2.40. The molecule has 0 aromatic carbocycles. The number of carbonyl (C=O) groups excluding carboxylic acids is 1. The number of allylic oxidation sites excluding steroid dienone is 4. The van der Waals surface area contributed by atoms with Crippen molar-refractivity contribution in [2.24, 2.45) is 5.92 Å². The van der Waals surface area contributed by atoms with Crippen LogP contribution in [0.5, 0.6) is 0 Å². The monoisotopic (exact) mass is 397 g/mol. The minimum Gasteiger partial charge on any atom is -0.370 e. The Morgan fingerprint density at radius 3 is 2.68 bits per heavy atom. The van der Waals surface area contributed by atoms with Crippen molar-refractivity contribution >= 4 is 38.7 Å². The molecule has 0 saturated carbocycles. The molecule has 1 saturated heterocycles. The average Bonchev–Trinajstić information content (AvgIpc) is 3.22. The fourth-order valence-electron chi connectivity index (χ4n) is 3.41. The van der Waals surface area contributed by atoms with Gasteiger partial charge in [0.15, 0.2) is 0 Å². The van der Waals surface area contributed by atoms with Crippen LogP contribution in [0.1, 0.15) is 39.3 Å². The van der Waals surface area contributed by atoms with Gasteiger partial charge in [-0.1, -0.05) is 45.2 Å². The first-order valence-corrected chi connectivity index (χ1v) is 10.9. The first-order chi connectivity index (χ1) is 13.7. The summed E-state index contributed by atoms with van der Waals surface area (Å²) in [5.41, 5.74) is 4.08. The van der Waals surface area contributed by atoms with E-state index in [1.54, 1.807) is 17.4 Å². The molecule has 2 aromatic heterocycles. The van der Waals surface area contributed by atoms with Gasteiger partial charge < -0.3 is 10.2 Å². The molecule has 28 heavy (non-hydrogen) atoms. The van der Waals surface area contributed by atoms with Crippen molar-refractivity contribution in [3.8, 4) is 0 Å². The number of hydrogen-bond donors (Lipinski definition) is 1. The zero-order valence-electron chi connectivity index (χ0n) is 17.2. The topological polar surface area (TPSA) is 45.2 Å². The van der Waals surface area contributed by atoms with Crippen LogP contribution < -0.4 is 10.2 Å². The van der Waals surface area contributed by atoms with Gasteiger partial charge in [-0.25, -0.2) is 4.98 Å². The smallest absolute Gasteiger partial charge is 0.223 e. The second-order valence-electron chi connectivity index (χ2n) is 6.38. The fourth-order valence-corrected chi connectivity index (χ4v) is 4.28. The number of amides is 1. The molecule has 0 unspecified atom stereocenters. The molecule has 0 spiro atoms. The van der Waals surface area contributed by atoms with E-state index in [1.165, 1.54) is 10.4 Å². The standard InChI is InChI=1S/C21H25N3OS.C2H6/c1-4-7-15(5-2)18-14-19(20-17(23-18)10-13-26-20)24-11-8-16(9-12-24)21(25)22-6-3;1-2/h4-5,7,10,13-14,16H,1-2,6,8-9,11-12H2,3H3,(H,22,25);1-2H3/b15-7+;. The van der Waals surface area contributed by atoms with Crippen molar-refractivity contribution in [2.45, 2.75) is 33.6 Å². The van der Waals surface area contributed by atoms with E-state index in [-0.39, 0.29) is 11.8 Å². The van der Waals surface area contributed by atoms with Gasteiger partial charge in [0.1, 0.15) is 0 Å². The number of fused-ring (bicyclic) bond motifs is 1. The molecule has 1 amide bonds. The lowest BCUT2D eigenvalue weighted by atomic mass is 9.95. The molecule has 3 heterocycles.